The predicted molar refractivity (Wildman–Crippen MR) is 326 cm³/mol. The molecule has 7 heteroatoms. The Bertz CT molecular complexity index is 2260. The van der Waals surface area contributed by atoms with Gasteiger partial charge in [0.2, 0.25) is 0 Å². The number of carbonyl (C=O) groups is 2. The SMILES string of the molecule is CC(C)c1cc(C(C)C)c(-c2cccc(CC(=O)[O-])c2P(C2CCCCC2)C2CCCCC2)c(C(C)C)c1.CC(C)c1cc(C(C)C)c(-c2cccc(CC(=O)[O-])c2P(C2CCCCC2)C2CCCCC2)c(C(C)C)c1.[Pd+2]. The second-order valence-corrected chi connectivity index (χ2v) is 31.2. The van der Waals surface area contributed by atoms with Gasteiger partial charge in [0, 0.05) is 24.8 Å². The fourth-order valence-electron chi connectivity index (χ4n) is 14.1. The van der Waals surface area contributed by atoms with Gasteiger partial charge in [-0.05, 0) is 187 Å². The molecule has 0 spiro atoms. The van der Waals surface area contributed by atoms with E-state index < -0.39 is 27.8 Å². The largest absolute Gasteiger partial charge is 2.00 e. The van der Waals surface area contributed by atoms with E-state index in [1.165, 1.54) is 195 Å². The normalized spacial score (nSPS) is 17.5. The van der Waals surface area contributed by atoms with Crippen molar-refractivity contribution in [1.82, 2.24) is 0 Å². The summed E-state index contributed by atoms with van der Waals surface area (Å²) in [5.41, 5.74) is 18.9. The summed E-state index contributed by atoms with van der Waals surface area (Å²) in [4.78, 5) is 24.2. The van der Waals surface area contributed by atoms with Gasteiger partial charge in [-0.25, -0.2) is 0 Å². The predicted octanol–water partition coefficient (Wildman–Crippen LogP) is 17.6. The third kappa shape index (κ3) is 15.9. The van der Waals surface area contributed by atoms with Crippen LogP contribution in [0.5, 0.6) is 0 Å². The summed E-state index contributed by atoms with van der Waals surface area (Å²) < 4.78 is 0. The summed E-state index contributed by atoms with van der Waals surface area (Å²) in [7, 11) is -0.925. The fraction of sp³-hybridized carbons (Fsp3) is 0.629. The molecule has 4 aliphatic carbocycles. The molecular formula is C70H100O4P2Pd. The van der Waals surface area contributed by atoms with Crippen molar-refractivity contribution in [3.63, 3.8) is 0 Å². The van der Waals surface area contributed by atoms with Crippen molar-refractivity contribution in [2.24, 2.45) is 0 Å². The third-order valence-electron chi connectivity index (χ3n) is 18.1. The van der Waals surface area contributed by atoms with E-state index in [1.807, 2.05) is 0 Å². The summed E-state index contributed by atoms with van der Waals surface area (Å²) in [6.07, 6.45) is 26.5. The van der Waals surface area contributed by atoms with Crippen LogP contribution in [0.4, 0.5) is 0 Å². The van der Waals surface area contributed by atoms with Gasteiger partial charge in [-0.2, -0.15) is 0 Å². The molecule has 0 radical (unpaired) electrons. The Kier molecular flexibility index (Phi) is 24.6. The molecule has 0 N–H and O–H groups in total. The van der Waals surface area contributed by atoms with Crippen LogP contribution in [-0.4, -0.2) is 34.6 Å². The van der Waals surface area contributed by atoms with Crippen LogP contribution in [0.2, 0.25) is 0 Å². The van der Waals surface area contributed by atoms with E-state index in [9.17, 15) is 19.8 Å². The zero-order chi connectivity index (χ0) is 54.8. The molecule has 4 aromatic carbocycles. The van der Waals surface area contributed by atoms with Crippen molar-refractivity contribution in [1.29, 1.82) is 0 Å². The maximum atomic E-state index is 12.1. The summed E-state index contributed by atoms with van der Waals surface area (Å²) in [6, 6.07) is 23.0. The molecule has 8 rings (SSSR count). The monoisotopic (exact) mass is 1170 g/mol. The third-order valence-corrected chi connectivity index (χ3v) is 25.4. The molecular weight excluding hydrogens is 1070 g/mol. The van der Waals surface area contributed by atoms with Crippen LogP contribution in [0.25, 0.3) is 22.3 Å². The molecule has 77 heavy (non-hydrogen) atoms. The smallest absolute Gasteiger partial charge is 0.550 e. The van der Waals surface area contributed by atoms with Gasteiger partial charge in [0.05, 0.1) is 0 Å². The van der Waals surface area contributed by atoms with Crippen LogP contribution in [0.15, 0.2) is 60.7 Å². The molecule has 0 bridgehead atoms. The van der Waals surface area contributed by atoms with Crippen LogP contribution in [0.3, 0.4) is 0 Å². The molecule has 4 nitrogen and oxygen atoms in total. The average Bonchev–Trinajstić information content (AvgIpc) is 3.41. The molecule has 4 fully saturated rings. The Balaban J connectivity index is 0.000000246. The van der Waals surface area contributed by atoms with E-state index in [0.29, 0.717) is 58.1 Å². The Morgan fingerprint density at radius 2 is 0.649 bits per heavy atom. The zero-order valence-electron chi connectivity index (χ0n) is 49.9. The van der Waals surface area contributed by atoms with Crippen LogP contribution >= 0.6 is 15.8 Å². The van der Waals surface area contributed by atoms with Gasteiger partial charge in [-0.15, -0.1) is 0 Å². The Morgan fingerprint density at radius 1 is 0.403 bits per heavy atom. The van der Waals surface area contributed by atoms with Crippen molar-refractivity contribution in [3.8, 4) is 22.3 Å². The first-order valence-corrected chi connectivity index (χ1v) is 33.9. The number of carboxylic acid groups (broad SMARTS) is 2. The van der Waals surface area contributed by atoms with Crippen molar-refractivity contribution in [3.05, 3.63) is 105 Å². The maximum absolute atomic E-state index is 12.1. The van der Waals surface area contributed by atoms with Gasteiger partial charge in [0.15, 0.2) is 0 Å². The first-order valence-electron chi connectivity index (χ1n) is 30.9. The molecule has 0 aromatic heterocycles. The molecule has 0 atom stereocenters. The topological polar surface area (TPSA) is 80.3 Å². The van der Waals surface area contributed by atoms with E-state index in [2.05, 4.69) is 144 Å². The number of benzene rings is 4. The molecule has 0 heterocycles. The number of hydrogen-bond donors (Lipinski definition) is 0. The fourth-order valence-corrected chi connectivity index (χ4v) is 22.3. The maximum Gasteiger partial charge on any atom is 2.00 e. The minimum atomic E-state index is -0.950. The van der Waals surface area contributed by atoms with Crippen LogP contribution in [-0.2, 0) is 42.9 Å². The van der Waals surface area contributed by atoms with Crippen molar-refractivity contribution < 1.29 is 40.2 Å². The molecule has 424 valence electrons. The summed E-state index contributed by atoms with van der Waals surface area (Å²) in [6.45, 7) is 27.7. The summed E-state index contributed by atoms with van der Waals surface area (Å²) in [5.74, 6) is 0.643. The minimum absolute atomic E-state index is 0. The van der Waals surface area contributed by atoms with E-state index in [4.69, 9.17) is 0 Å². The van der Waals surface area contributed by atoms with Crippen LogP contribution < -0.4 is 20.8 Å². The molecule has 0 unspecified atom stereocenters. The molecule has 4 aromatic rings. The molecule has 0 aliphatic heterocycles. The van der Waals surface area contributed by atoms with Crippen LogP contribution in [0, 0.1) is 0 Å². The number of carbonyl (C=O) groups excluding carboxylic acids is 2. The molecule has 4 saturated carbocycles. The number of aliphatic carboxylic acids is 2. The van der Waals surface area contributed by atoms with Gasteiger partial charge in [0.25, 0.3) is 0 Å². The number of hydrogen-bond acceptors (Lipinski definition) is 4. The van der Waals surface area contributed by atoms with Gasteiger partial charge >= 0.3 is 20.4 Å². The first-order chi connectivity index (χ1) is 36.4. The van der Waals surface area contributed by atoms with E-state index in [-0.39, 0.29) is 33.3 Å². The van der Waals surface area contributed by atoms with Gasteiger partial charge in [-0.3, -0.25) is 0 Å². The zero-order valence-corrected chi connectivity index (χ0v) is 53.3. The number of carboxylic acids is 2. The Labute approximate surface area is 485 Å². The van der Waals surface area contributed by atoms with Gasteiger partial charge < -0.3 is 19.8 Å². The average molecular weight is 1170 g/mol. The second-order valence-electron chi connectivity index (χ2n) is 25.8. The van der Waals surface area contributed by atoms with Gasteiger partial charge in [0.1, 0.15) is 0 Å². The van der Waals surface area contributed by atoms with Crippen molar-refractivity contribution >= 4 is 38.4 Å². The Hall–Kier alpha value is -2.66. The first kappa shape index (κ1) is 63.5. The quantitative estimate of drug-likeness (QED) is 0.0734. The standard InChI is InChI=1S/2C35H51O2P.Pd/c2*1-23(2)27-20-31(24(3)4)34(32(21-27)25(5)6)30-19-13-14-26(22-33(36)37)35(30)38(28-15-9-7-10-16-28)29-17-11-8-12-18-29;/h2*13-14,19-21,23-25,28-29H,7-12,15-18,22H2,1-6H3,(H,36,37);/q;;+2/p-2. The van der Waals surface area contributed by atoms with Crippen molar-refractivity contribution in [2.75, 3.05) is 0 Å². The summed E-state index contributed by atoms with van der Waals surface area (Å²) in [5, 5.41) is 27.1. The molecule has 4 aliphatic rings. The van der Waals surface area contributed by atoms with Gasteiger partial charge in [-0.1, -0.05) is 237 Å². The van der Waals surface area contributed by atoms with E-state index in [1.54, 1.807) is 0 Å². The van der Waals surface area contributed by atoms with E-state index >= 15 is 0 Å². The minimum Gasteiger partial charge on any atom is -0.550 e. The summed E-state index contributed by atoms with van der Waals surface area (Å²) >= 11 is 0. The van der Waals surface area contributed by atoms with E-state index in [0.717, 1.165) is 11.1 Å². The molecule has 0 amide bonds. The number of rotatable bonds is 18. The molecule has 0 saturated heterocycles. The van der Waals surface area contributed by atoms with Crippen molar-refractivity contribution in [2.45, 2.75) is 282 Å². The second kappa shape index (κ2) is 29.9. The van der Waals surface area contributed by atoms with Crippen LogP contribution in [0.1, 0.15) is 292 Å². The Morgan fingerprint density at radius 3 is 0.857 bits per heavy atom.